The lowest BCUT2D eigenvalue weighted by atomic mass is 10.1. The molecule has 2 aromatic heterocycles. The summed E-state index contributed by atoms with van der Waals surface area (Å²) in [6.07, 6.45) is 3.37. The van der Waals surface area contributed by atoms with E-state index in [4.69, 9.17) is 0 Å². The molecule has 0 aliphatic rings. The van der Waals surface area contributed by atoms with Crippen molar-refractivity contribution in [3.8, 4) is 22.5 Å². The number of hydrogen-bond acceptors (Lipinski definition) is 4. The molecule has 0 bridgehead atoms. The van der Waals surface area contributed by atoms with Gasteiger partial charge in [0.1, 0.15) is 5.82 Å². The molecule has 2 heterocycles. The topological polar surface area (TPSA) is 86.2 Å². The second-order valence-electron chi connectivity index (χ2n) is 5.99. The largest absolute Gasteiger partial charge is 0.409 e. The molecule has 0 fully saturated rings. The number of nitrogens with one attached hydrogen (secondary N) is 2. The van der Waals surface area contributed by atoms with E-state index in [1.807, 2.05) is 42.5 Å². The third-order valence-electron chi connectivity index (χ3n) is 4.17. The monoisotopic (exact) mass is 373 g/mol. The predicted octanol–water partition coefficient (Wildman–Crippen LogP) is 4.53. The zero-order valence-corrected chi connectivity index (χ0v) is 14.7. The first-order valence-corrected chi connectivity index (χ1v) is 8.55. The normalized spacial score (nSPS) is 11.4. The van der Waals surface area contributed by atoms with E-state index in [0.29, 0.717) is 17.2 Å². The molecule has 138 valence electrons. The fourth-order valence-electron chi connectivity index (χ4n) is 2.84. The third kappa shape index (κ3) is 3.59. The van der Waals surface area contributed by atoms with Gasteiger partial charge in [0.2, 0.25) is 5.95 Å². The van der Waals surface area contributed by atoms with Gasteiger partial charge in [0.25, 0.3) is 0 Å². The lowest BCUT2D eigenvalue weighted by molar-refractivity contribution is 0.319. The van der Waals surface area contributed by atoms with Gasteiger partial charge in [-0.05, 0) is 36.4 Å². The van der Waals surface area contributed by atoms with E-state index in [-0.39, 0.29) is 11.7 Å². The minimum atomic E-state index is -0.318. The van der Waals surface area contributed by atoms with Gasteiger partial charge in [-0.25, -0.2) is 9.37 Å². The predicted molar refractivity (Wildman–Crippen MR) is 106 cm³/mol. The second kappa shape index (κ2) is 7.71. The number of hydrogen-bond donors (Lipinski definition) is 3. The first-order chi connectivity index (χ1) is 13.7. The third-order valence-corrected chi connectivity index (χ3v) is 4.17. The van der Waals surface area contributed by atoms with Gasteiger partial charge in [-0.1, -0.05) is 35.5 Å². The number of H-pyrrole nitrogens is 1. The summed E-state index contributed by atoms with van der Waals surface area (Å²) in [5.41, 5.74) is 3.70. The molecule has 7 heteroatoms. The number of halogens is 1. The summed E-state index contributed by atoms with van der Waals surface area (Å²) in [6, 6.07) is 19.0. The van der Waals surface area contributed by atoms with E-state index < -0.39 is 0 Å². The van der Waals surface area contributed by atoms with E-state index in [9.17, 15) is 9.60 Å². The van der Waals surface area contributed by atoms with Gasteiger partial charge in [0.15, 0.2) is 5.84 Å². The van der Waals surface area contributed by atoms with Gasteiger partial charge in [-0.2, -0.15) is 0 Å². The summed E-state index contributed by atoms with van der Waals surface area (Å²) in [5, 5.41) is 15.8. The second-order valence-corrected chi connectivity index (χ2v) is 5.99. The zero-order valence-electron chi connectivity index (χ0n) is 14.7. The van der Waals surface area contributed by atoms with Crippen LogP contribution in [0.1, 0.15) is 5.56 Å². The van der Waals surface area contributed by atoms with Crippen LogP contribution in [-0.2, 0) is 0 Å². The fourth-order valence-corrected chi connectivity index (χ4v) is 2.84. The van der Waals surface area contributed by atoms with Crippen molar-refractivity contribution in [1.82, 2.24) is 15.0 Å². The molecule has 0 saturated heterocycles. The number of nitrogens with zero attached hydrogens (tertiary/aromatic N) is 3. The van der Waals surface area contributed by atoms with Gasteiger partial charge >= 0.3 is 0 Å². The van der Waals surface area contributed by atoms with Crippen LogP contribution in [-0.4, -0.2) is 26.0 Å². The zero-order chi connectivity index (χ0) is 19.3. The Morgan fingerprint density at radius 1 is 0.929 bits per heavy atom. The molecule has 2 aromatic carbocycles. The van der Waals surface area contributed by atoms with Crippen LogP contribution in [0, 0.1) is 5.82 Å². The summed E-state index contributed by atoms with van der Waals surface area (Å²) in [7, 11) is 0. The number of anilines is 1. The Hall–Kier alpha value is -4.00. The molecular formula is C21H16FN5O. The van der Waals surface area contributed by atoms with Crippen LogP contribution in [0.25, 0.3) is 22.5 Å². The number of amidine groups is 1. The van der Waals surface area contributed by atoms with Crippen LogP contribution >= 0.6 is 0 Å². The molecule has 0 aliphatic heterocycles. The first-order valence-electron chi connectivity index (χ1n) is 8.55. The van der Waals surface area contributed by atoms with Gasteiger partial charge in [-0.3, -0.25) is 4.98 Å². The molecule has 28 heavy (non-hydrogen) atoms. The maximum atomic E-state index is 13.3. The molecular weight excluding hydrogens is 357 g/mol. The maximum absolute atomic E-state index is 13.3. The summed E-state index contributed by atoms with van der Waals surface area (Å²) in [4.78, 5) is 11.8. The minimum Gasteiger partial charge on any atom is -0.409 e. The number of aromatic amines is 1. The molecule has 0 spiro atoms. The Kier molecular flexibility index (Phi) is 4.79. The highest BCUT2D eigenvalue weighted by molar-refractivity contribution is 6.07. The van der Waals surface area contributed by atoms with E-state index in [1.54, 1.807) is 24.5 Å². The molecule has 6 nitrogen and oxygen atoms in total. The highest BCUT2D eigenvalue weighted by Crippen LogP contribution is 2.31. The van der Waals surface area contributed by atoms with Crippen molar-refractivity contribution in [3.63, 3.8) is 0 Å². The Balaban J connectivity index is 1.76. The molecule has 4 aromatic rings. The van der Waals surface area contributed by atoms with Crippen molar-refractivity contribution in [3.05, 3.63) is 90.5 Å². The summed E-state index contributed by atoms with van der Waals surface area (Å²) < 4.78 is 13.3. The molecule has 0 saturated carbocycles. The standard InChI is InChI=1S/C21H16FN5O/c22-17-8-6-14(7-9-17)18-19(15-10-12-23-13-11-15)25-21(24-18)26-20(27-28)16-4-2-1-3-5-16/h1-13,28H,(H2,24,25,26,27). The van der Waals surface area contributed by atoms with Gasteiger partial charge < -0.3 is 15.5 Å². The lowest BCUT2D eigenvalue weighted by Gasteiger charge is -2.05. The van der Waals surface area contributed by atoms with Crippen molar-refractivity contribution in [2.45, 2.75) is 0 Å². The highest BCUT2D eigenvalue weighted by Gasteiger charge is 2.16. The molecule has 0 radical (unpaired) electrons. The van der Waals surface area contributed by atoms with Crippen LogP contribution in [0.3, 0.4) is 0 Å². The summed E-state index contributed by atoms with van der Waals surface area (Å²) >= 11 is 0. The van der Waals surface area contributed by atoms with Crippen molar-refractivity contribution in [1.29, 1.82) is 0 Å². The quantitative estimate of drug-likeness (QED) is 0.212. The number of benzene rings is 2. The number of oxime groups is 1. The average Bonchev–Trinajstić information content (AvgIpc) is 3.18. The minimum absolute atomic E-state index is 0.251. The van der Waals surface area contributed by atoms with Crippen molar-refractivity contribution >= 4 is 11.8 Å². The van der Waals surface area contributed by atoms with Crippen LogP contribution < -0.4 is 5.32 Å². The van der Waals surface area contributed by atoms with E-state index in [0.717, 1.165) is 16.8 Å². The summed E-state index contributed by atoms with van der Waals surface area (Å²) in [6.45, 7) is 0. The molecule has 0 aliphatic carbocycles. The maximum Gasteiger partial charge on any atom is 0.207 e. The van der Waals surface area contributed by atoms with Gasteiger partial charge in [-0.15, -0.1) is 0 Å². The molecule has 0 unspecified atom stereocenters. The van der Waals surface area contributed by atoms with Crippen LogP contribution in [0.4, 0.5) is 10.3 Å². The smallest absolute Gasteiger partial charge is 0.207 e. The molecule has 3 N–H and O–H groups in total. The number of imidazole rings is 1. The molecule has 0 atom stereocenters. The van der Waals surface area contributed by atoms with Crippen molar-refractivity contribution in [2.24, 2.45) is 5.16 Å². The number of pyridine rings is 1. The van der Waals surface area contributed by atoms with Crippen LogP contribution in [0.15, 0.2) is 84.3 Å². The van der Waals surface area contributed by atoms with Gasteiger partial charge in [0, 0.05) is 29.1 Å². The lowest BCUT2D eigenvalue weighted by Crippen LogP contribution is -2.14. The van der Waals surface area contributed by atoms with Crippen LogP contribution in [0.2, 0.25) is 0 Å². The van der Waals surface area contributed by atoms with Gasteiger partial charge in [0.05, 0.1) is 11.4 Å². The Labute approximate surface area is 160 Å². The SMILES string of the molecule is ON=C(Nc1nc(-c2ccc(F)cc2)c(-c2ccncc2)[nH]1)c1ccccc1. The number of aromatic nitrogens is 3. The first kappa shape index (κ1) is 17.4. The number of rotatable bonds is 4. The van der Waals surface area contributed by atoms with Crippen molar-refractivity contribution < 1.29 is 9.60 Å². The van der Waals surface area contributed by atoms with E-state index in [1.165, 1.54) is 12.1 Å². The fraction of sp³-hybridized carbons (Fsp3) is 0. The highest BCUT2D eigenvalue weighted by atomic mass is 19.1. The Morgan fingerprint density at radius 2 is 1.64 bits per heavy atom. The van der Waals surface area contributed by atoms with Crippen LogP contribution in [0.5, 0.6) is 0 Å². The van der Waals surface area contributed by atoms with E-state index >= 15 is 0 Å². The average molecular weight is 373 g/mol. The Morgan fingerprint density at radius 3 is 2.32 bits per heavy atom. The van der Waals surface area contributed by atoms with Crippen molar-refractivity contribution in [2.75, 3.05) is 5.32 Å². The van der Waals surface area contributed by atoms with E-state index in [2.05, 4.69) is 25.4 Å². The summed E-state index contributed by atoms with van der Waals surface area (Å²) in [5.74, 6) is 0.325. The Bertz CT molecular complexity index is 1090. The molecule has 4 rings (SSSR count). The molecule has 0 amide bonds.